The Morgan fingerprint density at radius 3 is 2.35 bits per heavy atom. The van der Waals surface area contributed by atoms with Gasteiger partial charge in [0.2, 0.25) is 0 Å². The standard InChI is InChI=1S/C14H14N2O/c1-15-13-9-5-6-11(10-13)14(17)16-12-7-3-2-4-8-12/h2-10,15H,1H3,(H,16,17). The van der Waals surface area contributed by atoms with E-state index in [1.54, 1.807) is 6.07 Å². The van der Waals surface area contributed by atoms with Gasteiger partial charge in [0, 0.05) is 24.0 Å². The highest BCUT2D eigenvalue weighted by molar-refractivity contribution is 6.04. The quantitative estimate of drug-likeness (QED) is 0.844. The molecule has 0 aromatic heterocycles. The van der Waals surface area contributed by atoms with E-state index in [0.717, 1.165) is 11.4 Å². The van der Waals surface area contributed by atoms with Crippen molar-refractivity contribution in [3.05, 3.63) is 60.2 Å². The predicted octanol–water partition coefficient (Wildman–Crippen LogP) is 2.98. The van der Waals surface area contributed by atoms with Crippen LogP contribution in [0.4, 0.5) is 11.4 Å². The fraction of sp³-hybridized carbons (Fsp3) is 0.0714. The van der Waals surface area contributed by atoms with Crippen molar-refractivity contribution in [1.82, 2.24) is 0 Å². The van der Waals surface area contributed by atoms with Crippen molar-refractivity contribution in [1.29, 1.82) is 0 Å². The number of anilines is 2. The van der Waals surface area contributed by atoms with Crippen LogP contribution in [0.15, 0.2) is 54.6 Å². The molecule has 2 aromatic rings. The molecule has 0 aliphatic rings. The molecule has 0 unspecified atom stereocenters. The predicted molar refractivity (Wildman–Crippen MR) is 70.4 cm³/mol. The van der Waals surface area contributed by atoms with Gasteiger partial charge in [0.15, 0.2) is 0 Å². The first kappa shape index (κ1) is 11.2. The van der Waals surface area contributed by atoms with Gasteiger partial charge in [0.05, 0.1) is 0 Å². The second-order valence-electron chi connectivity index (χ2n) is 3.65. The number of carbonyl (C=O) groups is 1. The summed E-state index contributed by atoms with van der Waals surface area (Å²) in [6.45, 7) is 0. The minimum atomic E-state index is -0.103. The highest BCUT2D eigenvalue weighted by Gasteiger charge is 2.05. The van der Waals surface area contributed by atoms with E-state index in [2.05, 4.69) is 10.6 Å². The molecule has 2 aromatic carbocycles. The Morgan fingerprint density at radius 1 is 0.941 bits per heavy atom. The van der Waals surface area contributed by atoms with E-state index in [4.69, 9.17) is 0 Å². The first-order chi connectivity index (χ1) is 8.29. The summed E-state index contributed by atoms with van der Waals surface area (Å²) in [6, 6.07) is 16.8. The van der Waals surface area contributed by atoms with E-state index in [1.165, 1.54) is 0 Å². The van der Waals surface area contributed by atoms with Crippen molar-refractivity contribution in [3.63, 3.8) is 0 Å². The Labute approximate surface area is 100 Å². The van der Waals surface area contributed by atoms with Crippen LogP contribution in [0.2, 0.25) is 0 Å². The summed E-state index contributed by atoms with van der Waals surface area (Å²) in [6.07, 6.45) is 0. The molecule has 0 saturated heterocycles. The molecule has 86 valence electrons. The summed E-state index contributed by atoms with van der Waals surface area (Å²) in [5.74, 6) is -0.103. The van der Waals surface area contributed by atoms with Crippen molar-refractivity contribution in [3.8, 4) is 0 Å². The topological polar surface area (TPSA) is 41.1 Å². The van der Waals surface area contributed by atoms with Crippen molar-refractivity contribution in [2.75, 3.05) is 17.7 Å². The van der Waals surface area contributed by atoms with Gasteiger partial charge in [-0.2, -0.15) is 0 Å². The molecule has 17 heavy (non-hydrogen) atoms. The van der Waals surface area contributed by atoms with Gasteiger partial charge < -0.3 is 10.6 Å². The Bertz CT molecular complexity index is 509. The summed E-state index contributed by atoms with van der Waals surface area (Å²) >= 11 is 0. The molecule has 0 radical (unpaired) electrons. The van der Waals surface area contributed by atoms with Gasteiger partial charge >= 0.3 is 0 Å². The molecule has 0 fully saturated rings. The zero-order valence-electron chi connectivity index (χ0n) is 9.60. The second kappa shape index (κ2) is 5.16. The third kappa shape index (κ3) is 2.84. The molecule has 0 aliphatic carbocycles. The Kier molecular flexibility index (Phi) is 3.40. The van der Waals surface area contributed by atoms with Crippen LogP contribution in [0.3, 0.4) is 0 Å². The second-order valence-corrected chi connectivity index (χ2v) is 3.65. The van der Waals surface area contributed by atoms with Crippen LogP contribution in [0, 0.1) is 0 Å². The van der Waals surface area contributed by atoms with E-state index in [9.17, 15) is 4.79 Å². The molecule has 0 heterocycles. The molecular weight excluding hydrogens is 212 g/mol. The Morgan fingerprint density at radius 2 is 1.65 bits per heavy atom. The number of benzene rings is 2. The molecule has 3 nitrogen and oxygen atoms in total. The van der Waals surface area contributed by atoms with Crippen molar-refractivity contribution in [2.24, 2.45) is 0 Å². The van der Waals surface area contributed by atoms with Crippen LogP contribution in [0.1, 0.15) is 10.4 Å². The summed E-state index contributed by atoms with van der Waals surface area (Å²) in [7, 11) is 1.83. The van der Waals surface area contributed by atoms with E-state index >= 15 is 0 Å². The van der Waals surface area contributed by atoms with Crippen molar-refractivity contribution < 1.29 is 4.79 Å². The normalized spacial score (nSPS) is 9.71. The number of amides is 1. The number of nitrogens with one attached hydrogen (secondary N) is 2. The molecular formula is C14H14N2O. The third-order valence-electron chi connectivity index (χ3n) is 2.45. The number of carbonyl (C=O) groups excluding carboxylic acids is 1. The summed E-state index contributed by atoms with van der Waals surface area (Å²) in [5, 5.41) is 5.85. The van der Waals surface area contributed by atoms with Gasteiger partial charge in [0.1, 0.15) is 0 Å². The number of rotatable bonds is 3. The van der Waals surface area contributed by atoms with Crippen molar-refractivity contribution in [2.45, 2.75) is 0 Å². The van der Waals surface area contributed by atoms with Gasteiger partial charge in [-0.05, 0) is 30.3 Å². The molecule has 1 amide bonds. The summed E-state index contributed by atoms with van der Waals surface area (Å²) in [5.41, 5.74) is 2.36. The third-order valence-corrected chi connectivity index (χ3v) is 2.45. The van der Waals surface area contributed by atoms with E-state index in [0.29, 0.717) is 5.56 Å². The summed E-state index contributed by atoms with van der Waals surface area (Å²) < 4.78 is 0. The maximum Gasteiger partial charge on any atom is 0.255 e. The van der Waals surface area contributed by atoms with Gasteiger partial charge in [-0.1, -0.05) is 24.3 Å². The van der Waals surface area contributed by atoms with E-state index in [1.807, 2.05) is 55.6 Å². The fourth-order valence-corrected chi connectivity index (χ4v) is 1.54. The molecule has 0 saturated carbocycles. The Hall–Kier alpha value is -2.29. The van der Waals surface area contributed by atoms with Crippen molar-refractivity contribution >= 4 is 17.3 Å². The lowest BCUT2D eigenvalue weighted by molar-refractivity contribution is 0.102. The minimum absolute atomic E-state index is 0.103. The Balaban J connectivity index is 2.14. The summed E-state index contributed by atoms with van der Waals surface area (Å²) in [4.78, 5) is 11.9. The van der Waals surface area contributed by atoms with Crippen LogP contribution in [-0.2, 0) is 0 Å². The number of para-hydroxylation sites is 1. The zero-order chi connectivity index (χ0) is 12.1. The smallest absolute Gasteiger partial charge is 0.255 e. The maximum atomic E-state index is 11.9. The van der Waals surface area contributed by atoms with E-state index in [-0.39, 0.29) is 5.91 Å². The van der Waals surface area contributed by atoms with Gasteiger partial charge in [0.25, 0.3) is 5.91 Å². The van der Waals surface area contributed by atoms with Crippen LogP contribution in [0.5, 0.6) is 0 Å². The minimum Gasteiger partial charge on any atom is -0.388 e. The lowest BCUT2D eigenvalue weighted by atomic mass is 10.2. The van der Waals surface area contributed by atoms with Crippen LogP contribution in [0.25, 0.3) is 0 Å². The zero-order valence-corrected chi connectivity index (χ0v) is 9.60. The maximum absolute atomic E-state index is 11.9. The first-order valence-electron chi connectivity index (χ1n) is 5.44. The van der Waals surface area contributed by atoms with Gasteiger partial charge in [-0.25, -0.2) is 0 Å². The lowest BCUT2D eigenvalue weighted by Crippen LogP contribution is -2.11. The molecule has 0 atom stereocenters. The largest absolute Gasteiger partial charge is 0.388 e. The van der Waals surface area contributed by atoms with Gasteiger partial charge in [-0.3, -0.25) is 4.79 Å². The molecule has 3 heteroatoms. The lowest BCUT2D eigenvalue weighted by Gasteiger charge is -2.06. The first-order valence-corrected chi connectivity index (χ1v) is 5.44. The highest BCUT2D eigenvalue weighted by atomic mass is 16.1. The average molecular weight is 226 g/mol. The number of hydrogen-bond acceptors (Lipinski definition) is 2. The number of hydrogen-bond donors (Lipinski definition) is 2. The van der Waals surface area contributed by atoms with Gasteiger partial charge in [-0.15, -0.1) is 0 Å². The molecule has 2 N–H and O–H groups in total. The SMILES string of the molecule is CNc1cccc(C(=O)Nc2ccccc2)c1. The molecule has 0 bridgehead atoms. The molecule has 0 spiro atoms. The van der Waals surface area contributed by atoms with Crippen LogP contribution in [-0.4, -0.2) is 13.0 Å². The van der Waals surface area contributed by atoms with Crippen LogP contribution < -0.4 is 10.6 Å². The molecule has 0 aliphatic heterocycles. The van der Waals surface area contributed by atoms with Crippen LogP contribution >= 0.6 is 0 Å². The monoisotopic (exact) mass is 226 g/mol. The highest BCUT2D eigenvalue weighted by Crippen LogP contribution is 2.12. The average Bonchev–Trinajstić information content (AvgIpc) is 2.40. The fourth-order valence-electron chi connectivity index (χ4n) is 1.54. The molecule has 2 rings (SSSR count). The van der Waals surface area contributed by atoms with E-state index < -0.39 is 0 Å².